The van der Waals surface area contributed by atoms with E-state index in [4.69, 9.17) is 9.84 Å². The minimum Gasteiger partial charge on any atom is -0.394 e. The second kappa shape index (κ2) is 4.40. The van der Waals surface area contributed by atoms with Crippen molar-refractivity contribution >= 4 is 11.7 Å². The Labute approximate surface area is 102 Å². The van der Waals surface area contributed by atoms with Crippen molar-refractivity contribution < 1.29 is 28.2 Å². The molecule has 1 unspecified atom stereocenters. The lowest BCUT2D eigenvalue weighted by atomic mass is 9.99. The largest absolute Gasteiger partial charge is 0.394 e. The molecular formula is C11H13F2NO4. The molecule has 2 heterocycles. The molecule has 18 heavy (non-hydrogen) atoms. The van der Waals surface area contributed by atoms with Crippen molar-refractivity contribution in [3.05, 3.63) is 12.3 Å². The van der Waals surface area contributed by atoms with E-state index >= 15 is 0 Å². The molecule has 0 radical (unpaired) electrons. The van der Waals surface area contributed by atoms with E-state index in [1.165, 1.54) is 6.92 Å². The van der Waals surface area contributed by atoms with Gasteiger partial charge in [0.15, 0.2) is 5.78 Å². The molecule has 3 atom stereocenters. The number of ether oxygens (including phenoxy) is 1. The summed E-state index contributed by atoms with van der Waals surface area (Å²) in [5.41, 5.74) is 0. The van der Waals surface area contributed by atoms with Crippen LogP contribution in [-0.2, 0) is 14.3 Å². The molecule has 2 aliphatic rings. The predicted octanol–water partition coefficient (Wildman–Crippen LogP) is 0.290. The first-order valence-corrected chi connectivity index (χ1v) is 5.54. The van der Waals surface area contributed by atoms with Crippen LogP contribution in [0.5, 0.6) is 0 Å². The van der Waals surface area contributed by atoms with E-state index in [1.807, 2.05) is 0 Å². The van der Waals surface area contributed by atoms with E-state index in [9.17, 15) is 18.4 Å². The molecule has 0 aliphatic carbocycles. The van der Waals surface area contributed by atoms with Crippen molar-refractivity contribution in [1.82, 2.24) is 4.90 Å². The van der Waals surface area contributed by atoms with Crippen LogP contribution in [0.25, 0.3) is 0 Å². The first kappa shape index (κ1) is 13.1. The van der Waals surface area contributed by atoms with Gasteiger partial charge >= 0.3 is 0 Å². The van der Waals surface area contributed by atoms with Crippen LogP contribution in [0.1, 0.15) is 13.3 Å². The van der Waals surface area contributed by atoms with Crippen LogP contribution in [0.2, 0.25) is 0 Å². The summed E-state index contributed by atoms with van der Waals surface area (Å²) in [6, 6.07) is 0. The Balaban J connectivity index is 2.26. The maximum atomic E-state index is 13.9. The highest BCUT2D eigenvalue weighted by atomic mass is 19.3. The molecule has 1 fully saturated rings. The Morgan fingerprint density at radius 2 is 2.22 bits per heavy atom. The van der Waals surface area contributed by atoms with Gasteiger partial charge in [-0.3, -0.25) is 14.5 Å². The molecule has 0 aromatic rings. The van der Waals surface area contributed by atoms with E-state index in [1.54, 1.807) is 0 Å². The fraction of sp³-hybridized carbons (Fsp3) is 0.636. The first-order chi connectivity index (χ1) is 8.37. The Kier molecular flexibility index (Phi) is 3.20. The van der Waals surface area contributed by atoms with E-state index in [2.05, 4.69) is 0 Å². The Morgan fingerprint density at radius 3 is 2.72 bits per heavy atom. The molecule has 0 spiro atoms. The number of rotatable bonds is 2. The molecule has 100 valence electrons. The highest BCUT2D eigenvalue weighted by Gasteiger charge is 2.59. The van der Waals surface area contributed by atoms with Crippen LogP contribution >= 0.6 is 0 Å². The van der Waals surface area contributed by atoms with Gasteiger partial charge < -0.3 is 9.84 Å². The summed E-state index contributed by atoms with van der Waals surface area (Å²) in [4.78, 5) is 23.3. The second-order valence-electron chi connectivity index (χ2n) is 4.43. The molecule has 0 aromatic carbocycles. The zero-order valence-electron chi connectivity index (χ0n) is 9.68. The number of aliphatic hydroxyl groups excluding tert-OH is 1. The molecule has 0 saturated carbocycles. The standard InChI is InChI=1S/C11H13F2NO4/c1-6-8(5-15)18-10(11(6,12)13)14-3-2-7(16)4-9(14)17/h2-3,6,8,10,15H,4-5H2,1H3/t6-,8?,10-/m1/s1. The van der Waals surface area contributed by atoms with Gasteiger partial charge in [0.25, 0.3) is 5.92 Å². The van der Waals surface area contributed by atoms with E-state index in [-0.39, 0.29) is 0 Å². The molecule has 0 aromatic heterocycles. The monoisotopic (exact) mass is 261 g/mol. The third-order valence-corrected chi connectivity index (χ3v) is 3.26. The van der Waals surface area contributed by atoms with Crippen LogP contribution in [0.15, 0.2) is 12.3 Å². The number of carbonyl (C=O) groups is 2. The van der Waals surface area contributed by atoms with Crippen LogP contribution < -0.4 is 0 Å². The van der Waals surface area contributed by atoms with E-state index in [0.29, 0.717) is 0 Å². The summed E-state index contributed by atoms with van der Waals surface area (Å²) in [5.74, 6) is -5.62. The summed E-state index contributed by atoms with van der Waals surface area (Å²) in [6.07, 6.45) is -1.15. The zero-order chi connectivity index (χ0) is 13.5. The summed E-state index contributed by atoms with van der Waals surface area (Å²) < 4.78 is 32.9. The lowest BCUT2D eigenvalue weighted by Gasteiger charge is -2.30. The molecule has 1 N–H and O–H groups in total. The number of hydrogen-bond donors (Lipinski definition) is 1. The SMILES string of the molecule is C[C@@H]1C(CO)O[C@@H](N2C=CC(=O)CC2=O)C1(F)F. The summed E-state index contributed by atoms with van der Waals surface area (Å²) in [6.45, 7) is 0.710. The van der Waals surface area contributed by atoms with Crippen LogP contribution in [0.4, 0.5) is 8.78 Å². The Hall–Kier alpha value is -1.34. The zero-order valence-corrected chi connectivity index (χ0v) is 9.68. The van der Waals surface area contributed by atoms with Crippen molar-refractivity contribution in [2.75, 3.05) is 6.61 Å². The Bertz CT molecular complexity index is 410. The number of allylic oxidation sites excluding steroid dienone is 1. The number of carbonyl (C=O) groups excluding carboxylic acids is 2. The van der Waals surface area contributed by atoms with Gasteiger partial charge in [0.05, 0.1) is 25.0 Å². The van der Waals surface area contributed by atoms with Gasteiger partial charge in [-0.25, -0.2) is 8.78 Å². The molecule has 5 nitrogen and oxygen atoms in total. The minimum absolute atomic E-state index is 0.427. The maximum Gasteiger partial charge on any atom is 0.297 e. The molecular weight excluding hydrogens is 248 g/mol. The summed E-state index contributed by atoms with van der Waals surface area (Å²) >= 11 is 0. The van der Waals surface area contributed by atoms with E-state index < -0.39 is 48.9 Å². The predicted molar refractivity (Wildman–Crippen MR) is 55.5 cm³/mol. The second-order valence-corrected chi connectivity index (χ2v) is 4.43. The number of amides is 1. The number of ketones is 1. The average Bonchev–Trinajstić information content (AvgIpc) is 2.52. The fourth-order valence-electron chi connectivity index (χ4n) is 2.05. The van der Waals surface area contributed by atoms with Gasteiger partial charge in [-0.1, -0.05) is 6.92 Å². The molecule has 7 heteroatoms. The van der Waals surface area contributed by atoms with Crippen molar-refractivity contribution in [1.29, 1.82) is 0 Å². The number of hydrogen-bond acceptors (Lipinski definition) is 4. The number of halogens is 2. The highest BCUT2D eigenvalue weighted by molar-refractivity contribution is 6.06. The number of alkyl halides is 2. The molecule has 0 bridgehead atoms. The van der Waals surface area contributed by atoms with Gasteiger partial charge in [0, 0.05) is 6.20 Å². The van der Waals surface area contributed by atoms with Crippen molar-refractivity contribution in [2.24, 2.45) is 5.92 Å². The molecule has 1 saturated heterocycles. The molecule has 1 amide bonds. The lowest BCUT2D eigenvalue weighted by molar-refractivity contribution is -0.168. The third-order valence-electron chi connectivity index (χ3n) is 3.26. The van der Waals surface area contributed by atoms with Gasteiger partial charge in [-0.05, 0) is 6.08 Å². The minimum atomic E-state index is -3.27. The topological polar surface area (TPSA) is 66.8 Å². The van der Waals surface area contributed by atoms with Gasteiger partial charge in [0.1, 0.15) is 0 Å². The summed E-state index contributed by atoms with van der Waals surface area (Å²) in [5, 5.41) is 8.96. The number of nitrogens with zero attached hydrogens (tertiary/aromatic N) is 1. The normalized spacial score (nSPS) is 35.3. The molecule has 2 rings (SSSR count). The van der Waals surface area contributed by atoms with Gasteiger partial charge in [-0.2, -0.15) is 0 Å². The van der Waals surface area contributed by atoms with Gasteiger partial charge in [-0.15, -0.1) is 0 Å². The number of aliphatic hydroxyl groups is 1. The lowest BCUT2D eigenvalue weighted by Crippen LogP contribution is -2.48. The average molecular weight is 261 g/mol. The quantitative estimate of drug-likeness (QED) is 0.725. The van der Waals surface area contributed by atoms with E-state index in [0.717, 1.165) is 17.2 Å². The van der Waals surface area contributed by atoms with Crippen LogP contribution in [0, 0.1) is 5.92 Å². The maximum absolute atomic E-state index is 13.9. The smallest absolute Gasteiger partial charge is 0.297 e. The molecule has 2 aliphatic heterocycles. The Morgan fingerprint density at radius 1 is 1.56 bits per heavy atom. The fourth-order valence-corrected chi connectivity index (χ4v) is 2.05. The third kappa shape index (κ3) is 1.93. The highest BCUT2D eigenvalue weighted by Crippen LogP contribution is 2.42. The summed E-state index contributed by atoms with van der Waals surface area (Å²) in [7, 11) is 0. The van der Waals surface area contributed by atoms with Crippen LogP contribution in [-0.4, -0.2) is 46.6 Å². The van der Waals surface area contributed by atoms with Crippen molar-refractivity contribution in [2.45, 2.75) is 31.6 Å². The van der Waals surface area contributed by atoms with Crippen LogP contribution in [0.3, 0.4) is 0 Å². The van der Waals surface area contributed by atoms with Crippen molar-refractivity contribution in [3.8, 4) is 0 Å². The van der Waals surface area contributed by atoms with Gasteiger partial charge in [0.2, 0.25) is 12.1 Å². The van der Waals surface area contributed by atoms with Crippen molar-refractivity contribution in [3.63, 3.8) is 0 Å². The first-order valence-electron chi connectivity index (χ1n) is 5.54.